The van der Waals surface area contributed by atoms with Crippen molar-refractivity contribution in [2.75, 3.05) is 0 Å². The van der Waals surface area contributed by atoms with Crippen molar-refractivity contribution in [2.45, 2.75) is 6.61 Å². The van der Waals surface area contributed by atoms with Crippen LogP contribution in [0.3, 0.4) is 0 Å². The van der Waals surface area contributed by atoms with Gasteiger partial charge in [0, 0.05) is 0 Å². The van der Waals surface area contributed by atoms with Crippen LogP contribution in [0, 0.1) is 29.1 Å². The first-order valence-electron chi connectivity index (χ1n) is 3.56. The van der Waals surface area contributed by atoms with E-state index in [1.54, 1.807) is 0 Å². The molecule has 1 aromatic rings. The number of benzene rings is 1. The first-order valence-corrected chi connectivity index (χ1v) is 3.56. The molecule has 0 atom stereocenters. The maximum atomic E-state index is 12.8. The van der Waals surface area contributed by atoms with Crippen LogP contribution < -0.4 is 0 Å². The summed E-state index contributed by atoms with van der Waals surface area (Å²) in [7, 11) is 0. The van der Waals surface area contributed by atoms with Crippen LogP contribution in [-0.2, 0) is 16.1 Å². The molecule has 0 amide bonds. The summed E-state index contributed by atoms with van der Waals surface area (Å²) in [5.74, 6) is -10.4. The summed E-state index contributed by atoms with van der Waals surface area (Å²) in [6.07, 6.45) is 0. The van der Waals surface area contributed by atoms with Crippen molar-refractivity contribution in [3.8, 4) is 0 Å². The van der Waals surface area contributed by atoms with Gasteiger partial charge in [0.05, 0.1) is 5.56 Å². The van der Waals surface area contributed by atoms with Crippen LogP contribution >= 0.6 is 0 Å². The maximum Gasteiger partial charge on any atom is 0.293 e. The fourth-order valence-corrected chi connectivity index (χ4v) is 0.894. The minimum atomic E-state index is -2.25. The summed E-state index contributed by atoms with van der Waals surface area (Å²) in [6, 6.07) is 0. The quantitative estimate of drug-likeness (QED) is 0.341. The Morgan fingerprint density at radius 2 is 1.27 bits per heavy atom. The first kappa shape index (κ1) is 11.4. The second kappa shape index (κ2) is 4.24. The Balaban J connectivity index is 3.31. The Hall–Kier alpha value is -1.66. The Morgan fingerprint density at radius 3 is 1.67 bits per heavy atom. The van der Waals surface area contributed by atoms with Gasteiger partial charge in [-0.3, -0.25) is 4.79 Å². The smallest absolute Gasteiger partial charge is 0.293 e. The highest BCUT2D eigenvalue weighted by Gasteiger charge is 2.25. The molecule has 0 unspecified atom stereocenters. The molecule has 0 bridgehead atoms. The molecule has 0 N–H and O–H groups in total. The molecular weight excluding hydrogens is 223 g/mol. The SMILES string of the molecule is O=COCc1c(F)c(F)c(F)c(F)c1F. The molecular formula is C8H3F5O2. The van der Waals surface area contributed by atoms with Gasteiger partial charge < -0.3 is 4.74 Å². The number of halogens is 5. The molecule has 1 rings (SSSR count). The summed E-state index contributed by atoms with van der Waals surface area (Å²) in [6.45, 7) is -1.19. The minimum absolute atomic E-state index is 0.169. The van der Waals surface area contributed by atoms with E-state index < -0.39 is 41.3 Å². The molecule has 2 nitrogen and oxygen atoms in total. The van der Waals surface area contributed by atoms with Crippen LogP contribution in [0.25, 0.3) is 0 Å². The van der Waals surface area contributed by atoms with E-state index in [0.29, 0.717) is 0 Å². The van der Waals surface area contributed by atoms with Gasteiger partial charge in [0.25, 0.3) is 6.47 Å². The predicted molar refractivity (Wildman–Crippen MR) is 37.1 cm³/mol. The number of rotatable bonds is 3. The average Bonchev–Trinajstić information content (AvgIpc) is 2.24. The Morgan fingerprint density at radius 1 is 0.867 bits per heavy atom. The van der Waals surface area contributed by atoms with Crippen LogP contribution in [0.1, 0.15) is 5.56 Å². The van der Waals surface area contributed by atoms with Crippen molar-refractivity contribution in [1.82, 2.24) is 0 Å². The van der Waals surface area contributed by atoms with Crippen molar-refractivity contribution in [2.24, 2.45) is 0 Å². The van der Waals surface area contributed by atoms with E-state index in [4.69, 9.17) is 0 Å². The Labute approximate surface area is 80.3 Å². The Bertz CT molecular complexity index is 376. The van der Waals surface area contributed by atoms with Gasteiger partial charge in [-0.05, 0) is 0 Å². The van der Waals surface area contributed by atoms with Gasteiger partial charge in [-0.1, -0.05) is 0 Å². The first-order chi connectivity index (χ1) is 7.00. The monoisotopic (exact) mass is 226 g/mol. The third-order valence-electron chi connectivity index (χ3n) is 1.60. The molecule has 82 valence electrons. The molecule has 15 heavy (non-hydrogen) atoms. The molecule has 0 saturated carbocycles. The molecule has 0 aliphatic carbocycles. The summed E-state index contributed by atoms with van der Waals surface area (Å²) in [4.78, 5) is 9.71. The van der Waals surface area contributed by atoms with Crippen LogP contribution in [0.4, 0.5) is 22.0 Å². The summed E-state index contributed by atoms with van der Waals surface area (Å²) in [5, 5.41) is 0. The highest BCUT2D eigenvalue weighted by Crippen LogP contribution is 2.23. The highest BCUT2D eigenvalue weighted by molar-refractivity contribution is 5.37. The molecule has 7 heteroatoms. The average molecular weight is 226 g/mol. The normalized spacial score (nSPS) is 10.2. The molecule has 0 saturated heterocycles. The van der Waals surface area contributed by atoms with Gasteiger partial charge in [0.1, 0.15) is 6.61 Å². The molecule has 0 aromatic heterocycles. The minimum Gasteiger partial charge on any atom is -0.463 e. The van der Waals surface area contributed by atoms with Crippen LogP contribution in [-0.4, -0.2) is 6.47 Å². The zero-order valence-electron chi connectivity index (χ0n) is 6.99. The lowest BCUT2D eigenvalue weighted by Gasteiger charge is -2.06. The van der Waals surface area contributed by atoms with Crippen molar-refractivity contribution in [1.29, 1.82) is 0 Å². The van der Waals surface area contributed by atoms with Crippen molar-refractivity contribution in [3.63, 3.8) is 0 Å². The van der Waals surface area contributed by atoms with Crippen molar-refractivity contribution >= 4 is 6.47 Å². The lowest BCUT2D eigenvalue weighted by molar-refractivity contribution is -0.129. The van der Waals surface area contributed by atoms with Gasteiger partial charge in [-0.15, -0.1) is 0 Å². The van der Waals surface area contributed by atoms with E-state index in [-0.39, 0.29) is 6.47 Å². The van der Waals surface area contributed by atoms with E-state index >= 15 is 0 Å². The topological polar surface area (TPSA) is 26.3 Å². The molecule has 0 fully saturated rings. The van der Waals surface area contributed by atoms with Gasteiger partial charge in [0.2, 0.25) is 5.82 Å². The van der Waals surface area contributed by atoms with E-state index in [2.05, 4.69) is 4.74 Å². The number of hydrogen-bond acceptors (Lipinski definition) is 2. The summed E-state index contributed by atoms with van der Waals surface area (Å²) >= 11 is 0. The molecule has 0 radical (unpaired) electrons. The van der Waals surface area contributed by atoms with Crippen molar-refractivity contribution < 1.29 is 31.5 Å². The van der Waals surface area contributed by atoms with Gasteiger partial charge >= 0.3 is 0 Å². The molecule has 0 spiro atoms. The van der Waals surface area contributed by atoms with E-state index in [0.717, 1.165) is 0 Å². The molecule has 1 aromatic carbocycles. The predicted octanol–water partition coefficient (Wildman–Crippen LogP) is 2.06. The third kappa shape index (κ3) is 1.90. The van der Waals surface area contributed by atoms with Crippen LogP contribution in [0.2, 0.25) is 0 Å². The van der Waals surface area contributed by atoms with Gasteiger partial charge in [0.15, 0.2) is 23.3 Å². The van der Waals surface area contributed by atoms with E-state index in [9.17, 15) is 26.7 Å². The van der Waals surface area contributed by atoms with E-state index in [1.165, 1.54) is 0 Å². The van der Waals surface area contributed by atoms with Gasteiger partial charge in [-0.25, -0.2) is 22.0 Å². The number of carbonyl (C=O) groups excluding carboxylic acids is 1. The maximum absolute atomic E-state index is 12.8. The standard InChI is InChI=1S/C8H3F5O2/c9-4-3(1-15-2-14)5(10)7(12)8(13)6(4)11/h2H,1H2. The van der Waals surface area contributed by atoms with E-state index in [1.807, 2.05) is 0 Å². The summed E-state index contributed by atoms with van der Waals surface area (Å²) in [5.41, 5.74) is -1.18. The second-order valence-corrected chi connectivity index (χ2v) is 2.46. The van der Waals surface area contributed by atoms with Gasteiger partial charge in [-0.2, -0.15) is 0 Å². The zero-order chi connectivity index (χ0) is 11.6. The number of hydrogen-bond donors (Lipinski definition) is 0. The lowest BCUT2D eigenvalue weighted by Crippen LogP contribution is -2.08. The third-order valence-corrected chi connectivity index (χ3v) is 1.60. The fourth-order valence-electron chi connectivity index (χ4n) is 0.894. The van der Waals surface area contributed by atoms with Crippen LogP contribution in [0.5, 0.6) is 0 Å². The second-order valence-electron chi connectivity index (χ2n) is 2.46. The van der Waals surface area contributed by atoms with Crippen LogP contribution in [0.15, 0.2) is 0 Å². The fraction of sp³-hybridized carbons (Fsp3) is 0.125. The zero-order valence-corrected chi connectivity index (χ0v) is 6.99. The Kier molecular flexibility index (Phi) is 3.23. The molecule has 0 heterocycles. The highest BCUT2D eigenvalue weighted by atomic mass is 19.2. The number of ether oxygens (including phenoxy) is 1. The van der Waals surface area contributed by atoms with Crippen molar-refractivity contribution in [3.05, 3.63) is 34.6 Å². The summed E-state index contributed by atoms with van der Waals surface area (Å²) < 4.78 is 67.1. The largest absolute Gasteiger partial charge is 0.463 e. The lowest BCUT2D eigenvalue weighted by atomic mass is 10.2. The number of carbonyl (C=O) groups is 1. The molecule has 0 aliphatic heterocycles. The molecule has 0 aliphatic rings.